The fraction of sp³-hybridized carbons (Fsp3) is 0.375. The summed E-state index contributed by atoms with van der Waals surface area (Å²) in [5, 5.41) is 29.5. The summed E-state index contributed by atoms with van der Waals surface area (Å²) < 4.78 is 21.4. The quantitative estimate of drug-likeness (QED) is 0.112. The molecular formula is C32H35Cl2FN4O6. The van der Waals surface area contributed by atoms with E-state index in [2.05, 4.69) is 17.2 Å². The van der Waals surface area contributed by atoms with Gasteiger partial charge in [0.2, 0.25) is 5.91 Å². The number of rotatable bonds is 12. The fourth-order valence-electron chi connectivity index (χ4n) is 6.28. The van der Waals surface area contributed by atoms with Crippen molar-refractivity contribution in [1.29, 1.82) is 0 Å². The summed E-state index contributed by atoms with van der Waals surface area (Å²) in [5.74, 6) is -2.89. The standard InChI is InChI=1S/C32H35Cl2FN4O6/c1-18(2)12-13-38-27(17-40)29(36-16-21-9-8-20(30(41)45-4)14-26(21)39(43)44)28(24(35)7-5-6-19(3)33)32(38)23-11-10-22(34)15-25(23)37-31(32)42/h5-11,14-15,18,27-29,36,40H,3,12-13,16-17H2,1-2,4H3,(H,37,42)/b6-5-,24-7-/t27-,28-,29+,32+/m0/s1. The number of allylic oxidation sites excluding steroid dienone is 4. The molecule has 13 heteroatoms. The first kappa shape index (κ1) is 34.3. The predicted molar refractivity (Wildman–Crippen MR) is 171 cm³/mol. The van der Waals surface area contributed by atoms with E-state index in [0.717, 1.165) is 6.07 Å². The number of fused-ring (bicyclic) bond motifs is 2. The molecule has 0 aliphatic carbocycles. The van der Waals surface area contributed by atoms with Crippen LogP contribution < -0.4 is 10.6 Å². The molecule has 2 aliphatic rings. The first-order chi connectivity index (χ1) is 21.4. The Kier molecular flexibility index (Phi) is 10.8. The second-order valence-corrected chi connectivity index (χ2v) is 12.3. The molecule has 2 heterocycles. The third-order valence-corrected chi connectivity index (χ3v) is 8.62. The minimum Gasteiger partial charge on any atom is -0.465 e. The third-order valence-electron chi connectivity index (χ3n) is 8.26. The molecule has 0 radical (unpaired) electrons. The van der Waals surface area contributed by atoms with E-state index in [1.807, 2.05) is 18.7 Å². The zero-order valence-corrected chi connectivity index (χ0v) is 26.6. The van der Waals surface area contributed by atoms with E-state index in [1.54, 1.807) is 18.2 Å². The topological polar surface area (TPSA) is 134 Å². The zero-order chi connectivity index (χ0) is 33.1. The van der Waals surface area contributed by atoms with E-state index in [-0.39, 0.29) is 34.3 Å². The number of amides is 1. The van der Waals surface area contributed by atoms with Crippen molar-refractivity contribution >= 4 is 46.5 Å². The number of nitrogens with one attached hydrogen (secondary N) is 2. The van der Waals surface area contributed by atoms with Crippen LogP contribution in [0.25, 0.3) is 0 Å². The summed E-state index contributed by atoms with van der Waals surface area (Å²) in [4.78, 5) is 39.4. The highest BCUT2D eigenvalue weighted by Crippen LogP contribution is 2.56. The van der Waals surface area contributed by atoms with Crippen LogP contribution in [0.1, 0.15) is 41.8 Å². The summed E-state index contributed by atoms with van der Waals surface area (Å²) in [6.07, 6.45) is 4.61. The molecule has 45 heavy (non-hydrogen) atoms. The molecule has 0 bridgehead atoms. The number of esters is 1. The average Bonchev–Trinajstić information content (AvgIpc) is 3.43. The van der Waals surface area contributed by atoms with Crippen molar-refractivity contribution in [2.45, 2.75) is 44.4 Å². The van der Waals surface area contributed by atoms with Crippen LogP contribution in [0.2, 0.25) is 5.02 Å². The molecule has 3 N–H and O–H groups in total. The number of aliphatic hydroxyl groups excluding tert-OH is 1. The van der Waals surface area contributed by atoms with E-state index < -0.39 is 52.8 Å². The second kappa shape index (κ2) is 14.2. The van der Waals surface area contributed by atoms with Gasteiger partial charge in [0.25, 0.3) is 5.69 Å². The number of aliphatic hydroxyl groups is 1. The second-order valence-electron chi connectivity index (χ2n) is 11.4. The first-order valence-electron chi connectivity index (χ1n) is 14.3. The largest absolute Gasteiger partial charge is 0.465 e. The summed E-state index contributed by atoms with van der Waals surface area (Å²) in [6.45, 7) is 7.38. The lowest BCUT2D eigenvalue weighted by molar-refractivity contribution is -0.385. The number of likely N-dealkylation sites (tertiary alicyclic amines) is 1. The Hall–Kier alpha value is -3.61. The Morgan fingerprint density at radius 3 is 2.69 bits per heavy atom. The Balaban J connectivity index is 1.89. The Morgan fingerprint density at radius 2 is 2.07 bits per heavy atom. The van der Waals surface area contributed by atoms with Crippen LogP contribution >= 0.6 is 23.2 Å². The number of hydrogen-bond acceptors (Lipinski definition) is 8. The molecular weight excluding hydrogens is 626 g/mol. The van der Waals surface area contributed by atoms with Crippen molar-refractivity contribution in [1.82, 2.24) is 10.2 Å². The van der Waals surface area contributed by atoms with Gasteiger partial charge in [-0.15, -0.1) is 0 Å². The van der Waals surface area contributed by atoms with E-state index >= 15 is 4.39 Å². The SMILES string of the molecule is C=C(Cl)/C=C\C=C(/F)[C@H]1[C@H](NCc2ccc(C(=O)OC)cc2[N+](=O)[O-])[C@H](CO)N(CCC(C)C)[C@@]12C(=O)Nc1cc(Cl)ccc12. The van der Waals surface area contributed by atoms with E-state index in [1.165, 1.54) is 37.5 Å². The first-order valence-corrected chi connectivity index (χ1v) is 15.1. The van der Waals surface area contributed by atoms with Gasteiger partial charge in [-0.2, -0.15) is 0 Å². The molecule has 2 aromatic rings. The number of hydrogen-bond donors (Lipinski definition) is 3. The number of nitro benzene ring substituents is 1. The number of methoxy groups -OCH3 is 1. The number of nitro groups is 1. The molecule has 2 aromatic carbocycles. The minimum absolute atomic E-state index is 0.00159. The zero-order valence-electron chi connectivity index (χ0n) is 25.1. The third kappa shape index (κ3) is 6.68. The maximum absolute atomic E-state index is 16.7. The minimum atomic E-state index is -1.60. The summed E-state index contributed by atoms with van der Waals surface area (Å²) in [5.41, 5.74) is -0.814. The van der Waals surface area contributed by atoms with Crippen LogP contribution in [0.3, 0.4) is 0 Å². The number of anilines is 1. The molecule has 4 atom stereocenters. The van der Waals surface area contributed by atoms with Crippen molar-refractivity contribution < 1.29 is 28.7 Å². The van der Waals surface area contributed by atoms with Crippen molar-refractivity contribution in [3.05, 3.63) is 104 Å². The lowest BCUT2D eigenvalue weighted by Crippen LogP contribution is -2.53. The van der Waals surface area contributed by atoms with Gasteiger partial charge in [-0.25, -0.2) is 9.18 Å². The molecule has 240 valence electrons. The maximum atomic E-state index is 16.7. The summed E-state index contributed by atoms with van der Waals surface area (Å²) in [7, 11) is 1.17. The van der Waals surface area contributed by atoms with E-state index in [4.69, 9.17) is 27.9 Å². The number of carbonyl (C=O) groups is 2. The van der Waals surface area contributed by atoms with Crippen molar-refractivity contribution in [3.63, 3.8) is 0 Å². The van der Waals surface area contributed by atoms with Crippen LogP contribution in [-0.2, 0) is 21.6 Å². The normalized spacial score (nSPS) is 23.2. The Bertz CT molecular complexity index is 1560. The monoisotopic (exact) mass is 660 g/mol. The number of ether oxygens (including phenoxy) is 1. The molecule has 1 saturated heterocycles. The number of benzene rings is 2. The summed E-state index contributed by atoms with van der Waals surface area (Å²) in [6, 6.07) is 7.13. The van der Waals surface area contributed by atoms with E-state index in [9.17, 15) is 24.8 Å². The van der Waals surface area contributed by atoms with Gasteiger partial charge in [0.05, 0.1) is 36.2 Å². The molecule has 1 amide bonds. The lowest BCUT2D eigenvalue weighted by Gasteiger charge is -2.39. The highest BCUT2D eigenvalue weighted by Gasteiger charge is 2.67. The smallest absolute Gasteiger partial charge is 0.338 e. The summed E-state index contributed by atoms with van der Waals surface area (Å²) >= 11 is 12.1. The number of carbonyl (C=O) groups excluding carboxylic acids is 2. The molecule has 10 nitrogen and oxygen atoms in total. The van der Waals surface area contributed by atoms with Gasteiger partial charge in [0, 0.05) is 52.1 Å². The van der Waals surface area contributed by atoms with Gasteiger partial charge >= 0.3 is 5.97 Å². The van der Waals surface area contributed by atoms with E-state index in [0.29, 0.717) is 29.2 Å². The Morgan fingerprint density at radius 1 is 1.33 bits per heavy atom. The lowest BCUT2D eigenvalue weighted by atomic mass is 9.76. The van der Waals surface area contributed by atoms with Crippen LogP contribution in [0.4, 0.5) is 15.8 Å². The van der Waals surface area contributed by atoms with Crippen LogP contribution in [0.5, 0.6) is 0 Å². The number of nitrogens with zero attached hydrogens (tertiary/aromatic N) is 2. The highest BCUT2D eigenvalue weighted by molar-refractivity contribution is 6.31. The van der Waals surface area contributed by atoms with Gasteiger partial charge in [0.1, 0.15) is 11.4 Å². The molecule has 0 saturated carbocycles. The van der Waals surface area contributed by atoms with Gasteiger partial charge < -0.3 is 20.5 Å². The van der Waals surface area contributed by atoms with Crippen molar-refractivity contribution in [3.8, 4) is 0 Å². The maximum Gasteiger partial charge on any atom is 0.338 e. The van der Waals surface area contributed by atoms with Gasteiger partial charge in [-0.05, 0) is 42.7 Å². The fourth-order valence-corrected chi connectivity index (χ4v) is 6.53. The van der Waals surface area contributed by atoms with Gasteiger partial charge in [-0.3, -0.25) is 19.8 Å². The van der Waals surface area contributed by atoms with Gasteiger partial charge in [0.15, 0.2) is 0 Å². The Labute approximate surface area is 270 Å². The molecule has 4 rings (SSSR count). The number of halogens is 3. The molecule has 0 unspecified atom stereocenters. The molecule has 1 fully saturated rings. The molecule has 0 aromatic heterocycles. The van der Waals surface area contributed by atoms with Crippen LogP contribution in [0, 0.1) is 22.0 Å². The van der Waals surface area contributed by atoms with Crippen molar-refractivity contribution in [2.75, 3.05) is 25.6 Å². The van der Waals surface area contributed by atoms with Crippen molar-refractivity contribution in [2.24, 2.45) is 11.8 Å². The highest BCUT2D eigenvalue weighted by atomic mass is 35.5. The van der Waals surface area contributed by atoms with Gasteiger partial charge in [-0.1, -0.05) is 61.8 Å². The average molecular weight is 662 g/mol. The molecule has 2 aliphatic heterocycles. The van der Waals surface area contributed by atoms with Crippen LogP contribution in [-0.4, -0.2) is 59.2 Å². The molecule has 1 spiro atoms. The van der Waals surface area contributed by atoms with Crippen LogP contribution in [0.15, 0.2) is 72.1 Å². The predicted octanol–water partition coefficient (Wildman–Crippen LogP) is 5.84.